The standard InChI is InChI=1S/C19H20ClN5O2S/c1-12-3-8-16(13(2)9-12)22-18(26)11-28-19-24-23-17(25(19)21)10-27-15-6-4-14(20)5-7-15/h3-9H,10-11,21H2,1-2H3,(H,22,26). The van der Waals surface area contributed by atoms with Crippen LogP contribution in [0.15, 0.2) is 47.6 Å². The Bertz CT molecular complexity index is 975. The van der Waals surface area contributed by atoms with E-state index in [1.807, 2.05) is 32.0 Å². The normalized spacial score (nSPS) is 10.7. The zero-order valence-corrected chi connectivity index (χ0v) is 17.0. The number of amides is 1. The van der Waals surface area contributed by atoms with E-state index >= 15 is 0 Å². The molecule has 9 heteroatoms. The molecule has 1 heterocycles. The molecule has 1 aromatic heterocycles. The number of hydrogen-bond donors (Lipinski definition) is 2. The van der Waals surface area contributed by atoms with Gasteiger partial charge in [0.1, 0.15) is 12.4 Å². The number of hydrogen-bond acceptors (Lipinski definition) is 6. The lowest BCUT2D eigenvalue weighted by Gasteiger charge is -2.09. The van der Waals surface area contributed by atoms with Gasteiger partial charge in [0.25, 0.3) is 0 Å². The molecule has 0 unspecified atom stereocenters. The molecule has 146 valence electrons. The second kappa shape index (κ2) is 8.99. The number of carbonyl (C=O) groups excluding carboxylic acids is 1. The Morgan fingerprint density at radius 2 is 1.96 bits per heavy atom. The number of nitrogens with zero attached hydrogens (tertiary/aromatic N) is 3. The highest BCUT2D eigenvalue weighted by Gasteiger charge is 2.13. The first-order valence-electron chi connectivity index (χ1n) is 8.50. The van der Waals surface area contributed by atoms with Crippen molar-refractivity contribution < 1.29 is 9.53 Å². The van der Waals surface area contributed by atoms with Crippen LogP contribution in [0.25, 0.3) is 0 Å². The van der Waals surface area contributed by atoms with Gasteiger partial charge in [-0.15, -0.1) is 10.2 Å². The maximum absolute atomic E-state index is 12.2. The molecule has 0 aliphatic carbocycles. The van der Waals surface area contributed by atoms with E-state index in [4.69, 9.17) is 22.2 Å². The van der Waals surface area contributed by atoms with Crippen molar-refractivity contribution >= 4 is 35.0 Å². The summed E-state index contributed by atoms with van der Waals surface area (Å²) in [6.45, 7) is 4.12. The molecule has 0 spiro atoms. The predicted molar refractivity (Wildman–Crippen MR) is 111 cm³/mol. The van der Waals surface area contributed by atoms with Gasteiger partial charge in [-0.2, -0.15) is 0 Å². The van der Waals surface area contributed by atoms with Crippen molar-refractivity contribution in [3.8, 4) is 5.75 Å². The van der Waals surface area contributed by atoms with Gasteiger partial charge >= 0.3 is 0 Å². The number of anilines is 1. The van der Waals surface area contributed by atoms with Gasteiger partial charge in [0, 0.05) is 10.7 Å². The lowest BCUT2D eigenvalue weighted by Crippen LogP contribution is -2.18. The van der Waals surface area contributed by atoms with Gasteiger partial charge in [0.05, 0.1) is 5.75 Å². The molecule has 0 radical (unpaired) electrons. The number of aryl methyl sites for hydroxylation is 2. The van der Waals surface area contributed by atoms with Gasteiger partial charge in [0.15, 0.2) is 5.82 Å². The van der Waals surface area contributed by atoms with Gasteiger partial charge in [-0.1, -0.05) is 41.1 Å². The molecule has 2 aromatic carbocycles. The van der Waals surface area contributed by atoms with Crippen molar-refractivity contribution in [1.82, 2.24) is 14.9 Å². The van der Waals surface area contributed by atoms with E-state index in [-0.39, 0.29) is 18.3 Å². The molecule has 0 fully saturated rings. The molecule has 0 atom stereocenters. The molecule has 0 aliphatic rings. The molecule has 3 aromatic rings. The molecule has 28 heavy (non-hydrogen) atoms. The van der Waals surface area contributed by atoms with Crippen molar-refractivity contribution in [1.29, 1.82) is 0 Å². The zero-order chi connectivity index (χ0) is 20.1. The zero-order valence-electron chi connectivity index (χ0n) is 15.5. The number of nitrogens with one attached hydrogen (secondary N) is 1. The summed E-state index contributed by atoms with van der Waals surface area (Å²) in [6.07, 6.45) is 0. The van der Waals surface area contributed by atoms with Gasteiger partial charge in [-0.3, -0.25) is 4.79 Å². The molecule has 1 amide bonds. The first-order chi connectivity index (χ1) is 13.4. The third-order valence-electron chi connectivity index (χ3n) is 3.91. The molecule has 3 rings (SSSR count). The number of rotatable bonds is 7. The smallest absolute Gasteiger partial charge is 0.234 e. The lowest BCUT2D eigenvalue weighted by molar-refractivity contribution is -0.113. The minimum Gasteiger partial charge on any atom is -0.486 e. The van der Waals surface area contributed by atoms with Gasteiger partial charge in [0.2, 0.25) is 11.1 Å². The number of halogens is 1. The number of nitrogen functional groups attached to an aromatic ring is 1. The van der Waals surface area contributed by atoms with Gasteiger partial charge in [-0.25, -0.2) is 4.68 Å². The average molecular weight is 418 g/mol. The number of nitrogens with two attached hydrogens (primary N) is 1. The highest BCUT2D eigenvalue weighted by Crippen LogP contribution is 2.20. The van der Waals surface area contributed by atoms with E-state index < -0.39 is 0 Å². The van der Waals surface area contributed by atoms with Gasteiger partial charge < -0.3 is 15.9 Å². The summed E-state index contributed by atoms with van der Waals surface area (Å²) in [4.78, 5) is 12.2. The van der Waals surface area contributed by atoms with Crippen molar-refractivity contribution in [2.45, 2.75) is 25.6 Å². The van der Waals surface area contributed by atoms with E-state index in [0.717, 1.165) is 16.8 Å². The second-order valence-corrected chi connectivity index (χ2v) is 7.55. The average Bonchev–Trinajstić information content (AvgIpc) is 3.02. The predicted octanol–water partition coefficient (Wildman–Crippen LogP) is 3.57. The first-order valence-corrected chi connectivity index (χ1v) is 9.86. The maximum atomic E-state index is 12.2. The second-order valence-electron chi connectivity index (χ2n) is 6.17. The van der Waals surface area contributed by atoms with Crippen molar-refractivity contribution in [2.24, 2.45) is 0 Å². The summed E-state index contributed by atoms with van der Waals surface area (Å²) in [5.74, 6) is 7.14. The summed E-state index contributed by atoms with van der Waals surface area (Å²) < 4.78 is 6.94. The number of benzene rings is 2. The Morgan fingerprint density at radius 3 is 2.68 bits per heavy atom. The van der Waals surface area contributed by atoms with E-state index in [1.54, 1.807) is 24.3 Å². The van der Waals surface area contributed by atoms with Crippen LogP contribution in [0, 0.1) is 13.8 Å². The van der Waals surface area contributed by atoms with Crippen LogP contribution in [0.5, 0.6) is 5.75 Å². The highest BCUT2D eigenvalue weighted by atomic mass is 35.5. The molecule has 0 aliphatic heterocycles. The van der Waals surface area contributed by atoms with Crippen LogP contribution in [0.2, 0.25) is 5.02 Å². The molecular weight excluding hydrogens is 398 g/mol. The Balaban J connectivity index is 1.53. The van der Waals surface area contributed by atoms with Crippen LogP contribution >= 0.6 is 23.4 Å². The molecule has 7 nitrogen and oxygen atoms in total. The van der Waals surface area contributed by atoms with Crippen LogP contribution in [0.3, 0.4) is 0 Å². The van der Waals surface area contributed by atoms with Crippen LogP contribution < -0.4 is 15.9 Å². The fourth-order valence-corrected chi connectivity index (χ4v) is 3.25. The topological polar surface area (TPSA) is 95.1 Å². The summed E-state index contributed by atoms with van der Waals surface area (Å²) in [5.41, 5.74) is 2.96. The van der Waals surface area contributed by atoms with Crippen LogP contribution in [-0.4, -0.2) is 26.5 Å². The van der Waals surface area contributed by atoms with E-state index in [9.17, 15) is 4.79 Å². The number of carbonyl (C=O) groups is 1. The van der Waals surface area contributed by atoms with Crippen molar-refractivity contribution in [3.63, 3.8) is 0 Å². The maximum Gasteiger partial charge on any atom is 0.234 e. The first kappa shape index (κ1) is 20.0. The third-order valence-corrected chi connectivity index (χ3v) is 5.10. The molecule has 0 saturated heterocycles. The van der Waals surface area contributed by atoms with Crippen LogP contribution in [0.1, 0.15) is 17.0 Å². The number of thioether (sulfide) groups is 1. The fourth-order valence-electron chi connectivity index (χ4n) is 2.45. The molecular formula is C19H20ClN5O2S. The third kappa shape index (κ3) is 5.17. The Hall–Kier alpha value is -2.71. The summed E-state index contributed by atoms with van der Waals surface area (Å²) in [7, 11) is 0. The highest BCUT2D eigenvalue weighted by molar-refractivity contribution is 7.99. The van der Waals surface area contributed by atoms with E-state index in [0.29, 0.717) is 21.8 Å². The van der Waals surface area contributed by atoms with Crippen LogP contribution in [0.4, 0.5) is 5.69 Å². The minimum absolute atomic E-state index is 0.140. The summed E-state index contributed by atoms with van der Waals surface area (Å²) >= 11 is 7.05. The van der Waals surface area contributed by atoms with Crippen molar-refractivity contribution in [3.05, 3.63) is 64.4 Å². The fraction of sp³-hybridized carbons (Fsp3) is 0.211. The van der Waals surface area contributed by atoms with Crippen molar-refractivity contribution in [2.75, 3.05) is 16.9 Å². The molecule has 0 bridgehead atoms. The largest absolute Gasteiger partial charge is 0.486 e. The lowest BCUT2D eigenvalue weighted by atomic mass is 10.1. The number of aromatic nitrogens is 3. The Morgan fingerprint density at radius 1 is 1.21 bits per heavy atom. The molecule has 3 N–H and O–H groups in total. The van der Waals surface area contributed by atoms with E-state index in [2.05, 4.69) is 15.5 Å². The van der Waals surface area contributed by atoms with E-state index in [1.165, 1.54) is 16.4 Å². The number of ether oxygens (including phenoxy) is 1. The minimum atomic E-state index is -0.140. The summed E-state index contributed by atoms with van der Waals surface area (Å²) in [6, 6.07) is 12.9. The van der Waals surface area contributed by atoms with Gasteiger partial charge in [-0.05, 0) is 49.7 Å². The quantitative estimate of drug-likeness (QED) is 0.450. The summed E-state index contributed by atoms with van der Waals surface area (Å²) in [5, 5.41) is 12.0. The Kier molecular flexibility index (Phi) is 6.43. The molecule has 0 saturated carbocycles. The SMILES string of the molecule is Cc1ccc(NC(=O)CSc2nnc(COc3ccc(Cl)cc3)n2N)c(C)c1. The van der Waals surface area contributed by atoms with Crippen LogP contribution in [-0.2, 0) is 11.4 Å². The monoisotopic (exact) mass is 417 g/mol. The Labute approximate surface area is 172 Å².